The van der Waals surface area contributed by atoms with Gasteiger partial charge >= 0.3 is 0 Å². The number of imidazole rings is 1. The zero-order chi connectivity index (χ0) is 27.4. The molecule has 5 rings (SSSR count). The highest BCUT2D eigenvalue weighted by molar-refractivity contribution is 7.99. The Bertz CT molecular complexity index is 1270. The van der Waals surface area contributed by atoms with E-state index >= 15 is 0 Å². The second-order valence-electron chi connectivity index (χ2n) is 10.4. The number of carbonyl (C=O) groups is 2. The minimum Gasteiger partial charge on any atom is -0.343 e. The number of piperidine rings is 2. The lowest BCUT2D eigenvalue weighted by atomic mass is 9.94. The summed E-state index contributed by atoms with van der Waals surface area (Å²) < 4.78 is 0. The van der Waals surface area contributed by atoms with Crippen LogP contribution >= 0.6 is 35.0 Å². The maximum absolute atomic E-state index is 13.7. The van der Waals surface area contributed by atoms with Crippen LogP contribution in [0.1, 0.15) is 39.0 Å². The molecule has 0 spiro atoms. The predicted molar refractivity (Wildman–Crippen MR) is 160 cm³/mol. The summed E-state index contributed by atoms with van der Waals surface area (Å²) in [5.74, 6) is 0.0839. The molecule has 39 heavy (non-hydrogen) atoms. The number of carbonyl (C=O) groups excluding carboxylic acids is 2. The first-order chi connectivity index (χ1) is 18.9. The molecule has 1 aromatic heterocycles. The number of aromatic amines is 1. The molecule has 0 radical (unpaired) electrons. The molecule has 2 aliphatic heterocycles. The van der Waals surface area contributed by atoms with Crippen LogP contribution in [0.4, 0.5) is 5.69 Å². The number of hydrogen-bond donors (Lipinski definition) is 1. The van der Waals surface area contributed by atoms with Gasteiger partial charge in [0.25, 0.3) is 0 Å². The number of nitrogens with zero attached hydrogens (tertiary/aromatic N) is 4. The summed E-state index contributed by atoms with van der Waals surface area (Å²) in [7, 11) is 0. The number of benzene rings is 2. The number of amides is 2. The summed E-state index contributed by atoms with van der Waals surface area (Å²) in [6.45, 7) is 6.49. The Morgan fingerprint density at radius 1 is 1.03 bits per heavy atom. The number of H-pyrrole nitrogens is 1. The van der Waals surface area contributed by atoms with Crippen LogP contribution < -0.4 is 4.90 Å². The van der Waals surface area contributed by atoms with Crippen LogP contribution in [0.25, 0.3) is 11.0 Å². The molecule has 2 aromatic carbocycles. The third-order valence-electron chi connectivity index (χ3n) is 7.81. The molecule has 208 valence electrons. The van der Waals surface area contributed by atoms with E-state index in [4.69, 9.17) is 28.2 Å². The molecular formula is C29H35Cl2N5O2S. The molecule has 2 amide bonds. The standard InChI is InChI=1S/C29H35Cl2N5O2S/c1-20(37)35-17-9-21(10-18-35)28(38)36(22-7-8-24(30)25(31)19-22)14-4-13-34-15-11-23(12-16-34)39-29-32-26-5-2-3-6-27(26)33-29/h2-3,5-8,19,21,23H,4,9-18H2,1H3,(H,32,33). The van der Waals surface area contributed by atoms with Crippen LogP contribution in [0.3, 0.4) is 0 Å². The largest absolute Gasteiger partial charge is 0.343 e. The third kappa shape index (κ3) is 7.09. The highest BCUT2D eigenvalue weighted by Crippen LogP contribution is 2.31. The number of likely N-dealkylation sites (tertiary alicyclic amines) is 2. The number of aromatic nitrogens is 2. The van der Waals surface area contributed by atoms with Gasteiger partial charge in [-0.25, -0.2) is 4.98 Å². The molecule has 0 unspecified atom stereocenters. The van der Waals surface area contributed by atoms with Crippen molar-refractivity contribution in [3.05, 3.63) is 52.5 Å². The Balaban J connectivity index is 1.14. The van der Waals surface area contributed by atoms with Gasteiger partial charge in [-0.05, 0) is 82.1 Å². The van der Waals surface area contributed by atoms with Crippen molar-refractivity contribution in [1.29, 1.82) is 0 Å². The van der Waals surface area contributed by atoms with Crippen LogP contribution in [0.5, 0.6) is 0 Å². The van der Waals surface area contributed by atoms with Gasteiger partial charge < -0.3 is 19.7 Å². The lowest BCUT2D eigenvalue weighted by Crippen LogP contribution is -2.45. The maximum atomic E-state index is 13.7. The van der Waals surface area contributed by atoms with E-state index in [-0.39, 0.29) is 17.7 Å². The van der Waals surface area contributed by atoms with Crippen molar-refractivity contribution in [3.63, 3.8) is 0 Å². The summed E-state index contributed by atoms with van der Waals surface area (Å²) in [6, 6.07) is 13.6. The molecule has 3 aromatic rings. The fourth-order valence-corrected chi connectivity index (χ4v) is 6.90. The Labute approximate surface area is 244 Å². The van der Waals surface area contributed by atoms with Crippen molar-refractivity contribution >= 4 is 63.5 Å². The summed E-state index contributed by atoms with van der Waals surface area (Å²) in [4.78, 5) is 39.7. The van der Waals surface area contributed by atoms with Gasteiger partial charge in [-0.15, -0.1) is 0 Å². The van der Waals surface area contributed by atoms with E-state index in [0.29, 0.717) is 47.8 Å². The van der Waals surface area contributed by atoms with E-state index in [0.717, 1.165) is 60.8 Å². The lowest BCUT2D eigenvalue weighted by Gasteiger charge is -2.35. The topological polar surface area (TPSA) is 72.5 Å². The van der Waals surface area contributed by atoms with Crippen LogP contribution in [-0.2, 0) is 9.59 Å². The van der Waals surface area contributed by atoms with Gasteiger partial charge in [-0.2, -0.15) is 0 Å². The minimum atomic E-state index is -0.0962. The molecule has 0 atom stereocenters. The summed E-state index contributed by atoms with van der Waals surface area (Å²) in [6.07, 6.45) is 4.48. The van der Waals surface area contributed by atoms with Crippen LogP contribution in [-0.4, -0.2) is 76.1 Å². The molecular weight excluding hydrogens is 553 g/mol. The van der Waals surface area contributed by atoms with Gasteiger partial charge in [0.05, 0.1) is 21.1 Å². The Morgan fingerprint density at radius 3 is 2.46 bits per heavy atom. The SMILES string of the molecule is CC(=O)N1CCC(C(=O)N(CCCN2CCC(Sc3nc4ccccc4[nH]3)CC2)c2ccc(Cl)c(Cl)c2)CC1. The van der Waals surface area contributed by atoms with Gasteiger partial charge in [0.2, 0.25) is 11.8 Å². The number of nitrogens with one attached hydrogen (secondary N) is 1. The molecule has 7 nitrogen and oxygen atoms in total. The summed E-state index contributed by atoms with van der Waals surface area (Å²) >= 11 is 14.3. The Kier molecular flexibility index (Phi) is 9.38. The van der Waals surface area contributed by atoms with Crippen molar-refractivity contribution in [1.82, 2.24) is 19.8 Å². The quantitative estimate of drug-likeness (QED) is 0.344. The van der Waals surface area contributed by atoms with Gasteiger partial charge in [-0.1, -0.05) is 47.1 Å². The molecule has 0 aliphatic carbocycles. The molecule has 0 saturated carbocycles. The third-order valence-corrected chi connectivity index (χ3v) is 9.77. The number of thioether (sulfide) groups is 1. The zero-order valence-corrected chi connectivity index (χ0v) is 24.6. The normalized spacial score (nSPS) is 17.6. The molecule has 2 saturated heterocycles. The number of anilines is 1. The van der Waals surface area contributed by atoms with E-state index in [2.05, 4.69) is 16.0 Å². The van der Waals surface area contributed by atoms with E-state index in [1.54, 1.807) is 19.1 Å². The van der Waals surface area contributed by atoms with Gasteiger partial charge in [0.15, 0.2) is 5.16 Å². The average molecular weight is 589 g/mol. The second-order valence-corrected chi connectivity index (χ2v) is 12.5. The number of halogens is 2. The smallest absolute Gasteiger partial charge is 0.230 e. The molecule has 1 N–H and O–H groups in total. The van der Waals surface area contributed by atoms with Crippen molar-refractivity contribution in [2.24, 2.45) is 5.92 Å². The van der Waals surface area contributed by atoms with E-state index < -0.39 is 0 Å². The highest BCUT2D eigenvalue weighted by Gasteiger charge is 2.30. The molecule has 3 heterocycles. The first kappa shape index (κ1) is 28.3. The van der Waals surface area contributed by atoms with E-state index in [9.17, 15) is 9.59 Å². The predicted octanol–water partition coefficient (Wildman–Crippen LogP) is 6.11. The molecule has 2 aliphatic rings. The summed E-state index contributed by atoms with van der Waals surface area (Å²) in [5, 5.41) is 2.48. The van der Waals surface area contributed by atoms with Crippen molar-refractivity contribution in [2.45, 2.75) is 49.4 Å². The van der Waals surface area contributed by atoms with Crippen molar-refractivity contribution in [3.8, 4) is 0 Å². The minimum absolute atomic E-state index is 0.0713. The Morgan fingerprint density at radius 2 is 1.77 bits per heavy atom. The number of para-hydroxylation sites is 2. The van der Waals surface area contributed by atoms with E-state index in [1.165, 1.54) is 0 Å². The maximum Gasteiger partial charge on any atom is 0.230 e. The van der Waals surface area contributed by atoms with Gasteiger partial charge in [0.1, 0.15) is 0 Å². The van der Waals surface area contributed by atoms with Crippen LogP contribution in [0, 0.1) is 5.92 Å². The monoisotopic (exact) mass is 587 g/mol. The summed E-state index contributed by atoms with van der Waals surface area (Å²) in [5.41, 5.74) is 2.88. The van der Waals surface area contributed by atoms with Crippen molar-refractivity contribution < 1.29 is 9.59 Å². The second kappa shape index (κ2) is 12.9. The number of fused-ring (bicyclic) bond motifs is 1. The van der Waals surface area contributed by atoms with Crippen LogP contribution in [0.15, 0.2) is 47.6 Å². The zero-order valence-electron chi connectivity index (χ0n) is 22.2. The lowest BCUT2D eigenvalue weighted by molar-refractivity contribution is -0.133. The van der Waals surface area contributed by atoms with Crippen molar-refractivity contribution in [2.75, 3.05) is 44.2 Å². The molecule has 10 heteroatoms. The van der Waals surface area contributed by atoms with Gasteiger partial charge in [-0.3, -0.25) is 9.59 Å². The van der Waals surface area contributed by atoms with Gasteiger partial charge in [0, 0.05) is 43.4 Å². The average Bonchev–Trinajstić information content (AvgIpc) is 3.36. The fourth-order valence-electron chi connectivity index (χ4n) is 5.53. The molecule has 0 bridgehead atoms. The first-order valence-electron chi connectivity index (χ1n) is 13.7. The number of rotatable bonds is 8. The number of hydrogen-bond acceptors (Lipinski definition) is 5. The van der Waals surface area contributed by atoms with Crippen LogP contribution in [0.2, 0.25) is 10.0 Å². The fraction of sp³-hybridized carbons (Fsp3) is 0.483. The highest BCUT2D eigenvalue weighted by atomic mass is 35.5. The van der Waals surface area contributed by atoms with E-state index in [1.807, 2.05) is 45.8 Å². The Hall–Kier alpha value is -2.26. The first-order valence-corrected chi connectivity index (χ1v) is 15.4. The molecule has 2 fully saturated rings.